The zero-order chi connectivity index (χ0) is 25.1. The van der Waals surface area contributed by atoms with Crippen molar-refractivity contribution in [1.29, 1.82) is 0 Å². The molecule has 0 fully saturated rings. The van der Waals surface area contributed by atoms with Gasteiger partial charge in [0.15, 0.2) is 16.5 Å². The van der Waals surface area contributed by atoms with Crippen LogP contribution in [0.5, 0.6) is 11.5 Å². The number of pyridine rings is 1. The molecule has 0 spiro atoms. The highest BCUT2D eigenvalue weighted by Crippen LogP contribution is 2.37. The van der Waals surface area contributed by atoms with Crippen molar-refractivity contribution in [3.8, 4) is 22.1 Å². The van der Waals surface area contributed by atoms with Crippen molar-refractivity contribution in [2.45, 2.75) is 20.4 Å². The first-order chi connectivity index (χ1) is 16.9. The van der Waals surface area contributed by atoms with Crippen LogP contribution >= 0.6 is 11.3 Å². The van der Waals surface area contributed by atoms with Gasteiger partial charge in [0.2, 0.25) is 0 Å². The smallest absolute Gasteiger partial charge is 0.351 e. The molecule has 0 aliphatic heterocycles. The number of aryl methyl sites for hydroxylation is 1. The van der Waals surface area contributed by atoms with Crippen molar-refractivity contribution in [3.63, 3.8) is 0 Å². The molecule has 0 unspecified atom stereocenters. The van der Waals surface area contributed by atoms with E-state index in [1.165, 1.54) is 25.6 Å². The zero-order valence-electron chi connectivity index (χ0n) is 19.8. The maximum absolute atomic E-state index is 14.6. The summed E-state index contributed by atoms with van der Waals surface area (Å²) in [5.41, 5.74) is 2.42. The molecule has 3 heterocycles. The van der Waals surface area contributed by atoms with Gasteiger partial charge < -0.3 is 24.1 Å². The van der Waals surface area contributed by atoms with E-state index < -0.39 is 17.6 Å². The maximum atomic E-state index is 14.6. The summed E-state index contributed by atoms with van der Waals surface area (Å²) >= 11 is 1.24. The second-order valence-electron chi connectivity index (χ2n) is 7.66. The lowest BCUT2D eigenvalue weighted by Gasteiger charge is -2.12. The van der Waals surface area contributed by atoms with Gasteiger partial charge in [-0.15, -0.1) is 11.3 Å². The molecule has 0 amide bonds. The lowest BCUT2D eigenvalue weighted by atomic mass is 10.2. The van der Waals surface area contributed by atoms with Gasteiger partial charge in [-0.1, -0.05) is 0 Å². The number of carbonyl (C=O) groups is 1. The highest BCUT2D eigenvalue weighted by molar-refractivity contribution is 7.17. The largest absolute Gasteiger partial charge is 0.496 e. The minimum Gasteiger partial charge on any atom is -0.496 e. The molecule has 0 atom stereocenters. The molecule has 4 rings (SSSR count). The summed E-state index contributed by atoms with van der Waals surface area (Å²) in [6.45, 7) is 4.95. The maximum Gasteiger partial charge on any atom is 0.351 e. The number of aromatic nitrogens is 2. The van der Waals surface area contributed by atoms with Crippen LogP contribution in [0.1, 0.15) is 22.3 Å². The van der Waals surface area contributed by atoms with E-state index in [0.29, 0.717) is 47.2 Å². The third kappa shape index (κ3) is 4.79. The Morgan fingerprint density at radius 2 is 1.97 bits per heavy atom. The molecule has 0 aliphatic carbocycles. The van der Waals surface area contributed by atoms with Gasteiger partial charge in [-0.05, 0) is 32.0 Å². The summed E-state index contributed by atoms with van der Waals surface area (Å²) in [5, 5.41) is 3.83. The quantitative estimate of drug-likeness (QED) is 0.299. The van der Waals surface area contributed by atoms with Crippen molar-refractivity contribution in [2.75, 3.05) is 32.7 Å². The van der Waals surface area contributed by atoms with Gasteiger partial charge in [-0.2, -0.15) is 0 Å². The molecule has 3 aromatic heterocycles. The molecule has 0 radical (unpaired) electrons. The van der Waals surface area contributed by atoms with Crippen molar-refractivity contribution in [3.05, 3.63) is 58.7 Å². The Morgan fingerprint density at radius 1 is 1.17 bits per heavy atom. The molecule has 4 aromatic rings. The number of rotatable bonds is 9. The average molecular weight is 502 g/mol. The number of methoxy groups -OCH3 is 2. The molecule has 35 heavy (non-hydrogen) atoms. The van der Waals surface area contributed by atoms with Crippen LogP contribution in [0.15, 0.2) is 36.5 Å². The summed E-state index contributed by atoms with van der Waals surface area (Å²) < 4.78 is 46.1. The standard InChI is InChI=1S/C25H25F2N3O4S/c1-5-34-20-13-21(35-24(20)25(31)33-4)18-11-15(6-7-29-18)28-8-9-30-14(2)10-16-19(32-3)12-17(26)22(27)23(16)30/h6-7,10-13H,5,8-9H2,1-4H3,(H,28,29). The Hall–Kier alpha value is -3.66. The van der Waals surface area contributed by atoms with Gasteiger partial charge in [-0.3, -0.25) is 4.98 Å². The third-order valence-electron chi connectivity index (χ3n) is 5.51. The number of nitrogens with zero attached hydrogens (tertiary/aromatic N) is 2. The topological polar surface area (TPSA) is 74.6 Å². The average Bonchev–Trinajstić information content (AvgIpc) is 3.43. The lowest BCUT2D eigenvalue weighted by molar-refractivity contribution is 0.0602. The Labute approximate surface area is 205 Å². The predicted molar refractivity (Wildman–Crippen MR) is 132 cm³/mol. The van der Waals surface area contributed by atoms with E-state index in [2.05, 4.69) is 10.3 Å². The fraction of sp³-hybridized carbons (Fsp3) is 0.280. The Balaban J connectivity index is 1.54. The first kappa shape index (κ1) is 24.5. The molecule has 184 valence electrons. The number of thiophene rings is 1. The summed E-state index contributed by atoms with van der Waals surface area (Å²) in [7, 11) is 2.76. The van der Waals surface area contributed by atoms with Crippen LogP contribution in [0.2, 0.25) is 0 Å². The number of ether oxygens (including phenoxy) is 3. The SMILES string of the molecule is CCOc1cc(-c2cc(NCCn3c(C)cc4c(OC)cc(F)c(F)c43)ccn2)sc1C(=O)OC. The van der Waals surface area contributed by atoms with Crippen molar-refractivity contribution in [2.24, 2.45) is 0 Å². The molecular weight excluding hydrogens is 476 g/mol. The predicted octanol–water partition coefficient (Wildman–Crippen LogP) is 5.66. The van der Waals surface area contributed by atoms with Crippen LogP contribution < -0.4 is 14.8 Å². The first-order valence-corrected chi connectivity index (χ1v) is 11.8. The number of nitrogens with one attached hydrogen (secondary N) is 1. The van der Waals surface area contributed by atoms with Crippen molar-refractivity contribution < 1.29 is 27.8 Å². The highest BCUT2D eigenvalue weighted by Gasteiger charge is 2.20. The molecule has 1 aromatic carbocycles. The van der Waals surface area contributed by atoms with Gasteiger partial charge in [0.25, 0.3) is 0 Å². The summed E-state index contributed by atoms with van der Waals surface area (Å²) in [4.78, 5) is 17.6. The fourth-order valence-corrected chi connectivity index (χ4v) is 4.90. The van der Waals surface area contributed by atoms with Gasteiger partial charge in [0.05, 0.1) is 36.9 Å². The van der Waals surface area contributed by atoms with E-state index >= 15 is 0 Å². The fourth-order valence-electron chi connectivity index (χ4n) is 3.91. The van der Waals surface area contributed by atoms with Crippen LogP contribution in [0.3, 0.4) is 0 Å². The van der Waals surface area contributed by atoms with E-state index in [0.717, 1.165) is 22.3 Å². The summed E-state index contributed by atoms with van der Waals surface area (Å²) in [6.07, 6.45) is 1.66. The van der Waals surface area contributed by atoms with E-state index in [-0.39, 0.29) is 5.52 Å². The first-order valence-electron chi connectivity index (χ1n) is 10.9. The van der Waals surface area contributed by atoms with Crippen LogP contribution in [0.4, 0.5) is 14.5 Å². The normalized spacial score (nSPS) is 11.0. The number of esters is 1. The van der Waals surface area contributed by atoms with E-state index in [1.54, 1.807) is 22.9 Å². The molecule has 0 bridgehead atoms. The Morgan fingerprint density at radius 3 is 2.69 bits per heavy atom. The molecule has 1 N–H and O–H groups in total. The van der Waals surface area contributed by atoms with Crippen LogP contribution in [-0.2, 0) is 11.3 Å². The summed E-state index contributed by atoms with van der Waals surface area (Å²) in [6, 6.07) is 8.28. The monoisotopic (exact) mass is 501 g/mol. The number of benzene rings is 1. The number of hydrogen-bond acceptors (Lipinski definition) is 7. The number of hydrogen-bond donors (Lipinski definition) is 1. The van der Waals surface area contributed by atoms with Crippen molar-refractivity contribution in [1.82, 2.24) is 9.55 Å². The number of halogens is 2. The zero-order valence-corrected chi connectivity index (χ0v) is 20.6. The van der Waals surface area contributed by atoms with Gasteiger partial charge in [0.1, 0.15) is 11.5 Å². The minimum atomic E-state index is -0.950. The van der Waals surface area contributed by atoms with Crippen molar-refractivity contribution >= 4 is 33.9 Å². The Bertz CT molecular complexity index is 1380. The lowest BCUT2D eigenvalue weighted by Crippen LogP contribution is -2.12. The molecule has 0 saturated carbocycles. The van der Waals surface area contributed by atoms with E-state index in [9.17, 15) is 13.6 Å². The summed E-state index contributed by atoms with van der Waals surface area (Å²) in [5.74, 6) is -1.56. The van der Waals surface area contributed by atoms with Gasteiger partial charge >= 0.3 is 5.97 Å². The number of anilines is 1. The number of carbonyl (C=O) groups excluding carboxylic acids is 1. The van der Waals surface area contributed by atoms with Gasteiger partial charge in [0, 0.05) is 48.2 Å². The van der Waals surface area contributed by atoms with E-state index in [4.69, 9.17) is 14.2 Å². The second kappa shape index (κ2) is 10.3. The molecular formula is C25H25F2N3O4S. The highest BCUT2D eigenvalue weighted by atomic mass is 32.1. The molecule has 7 nitrogen and oxygen atoms in total. The van der Waals surface area contributed by atoms with Crippen LogP contribution in [0, 0.1) is 18.6 Å². The van der Waals surface area contributed by atoms with Gasteiger partial charge in [-0.25, -0.2) is 13.6 Å². The third-order valence-corrected chi connectivity index (χ3v) is 6.63. The molecule has 0 saturated heterocycles. The Kier molecular flexibility index (Phi) is 7.20. The second-order valence-corrected chi connectivity index (χ2v) is 8.71. The van der Waals surface area contributed by atoms with E-state index in [1.807, 2.05) is 26.0 Å². The molecule has 0 aliphatic rings. The van der Waals surface area contributed by atoms with Crippen LogP contribution in [-0.4, -0.2) is 42.9 Å². The number of fused-ring (bicyclic) bond motifs is 1. The minimum absolute atomic E-state index is 0.175. The molecule has 10 heteroatoms. The van der Waals surface area contributed by atoms with Crippen LogP contribution in [0.25, 0.3) is 21.5 Å².